The molecule has 16 heavy (non-hydrogen) atoms. The number of hydrogen-bond donors (Lipinski definition) is 2. The highest BCUT2D eigenvalue weighted by Gasteiger charge is 2.03. The van der Waals surface area contributed by atoms with Gasteiger partial charge in [-0.15, -0.1) is 0 Å². The minimum absolute atomic E-state index is 0.170. The van der Waals surface area contributed by atoms with Crippen LogP contribution >= 0.6 is 11.6 Å². The van der Waals surface area contributed by atoms with Crippen LogP contribution in [0, 0.1) is 6.92 Å². The van der Waals surface area contributed by atoms with Gasteiger partial charge in [0, 0.05) is 5.69 Å². The van der Waals surface area contributed by atoms with E-state index in [9.17, 15) is 0 Å². The third kappa shape index (κ3) is 2.41. The average Bonchev–Trinajstić information content (AvgIpc) is 2.27. The fourth-order valence-electron chi connectivity index (χ4n) is 1.24. The Balaban J connectivity index is 2.26. The second-order valence-corrected chi connectivity index (χ2v) is 3.77. The summed E-state index contributed by atoms with van der Waals surface area (Å²) >= 11 is 5.69. The summed E-state index contributed by atoms with van der Waals surface area (Å²) in [4.78, 5) is 7.79. The van der Waals surface area contributed by atoms with Crippen molar-refractivity contribution in [2.24, 2.45) is 0 Å². The Morgan fingerprint density at radius 1 is 1.25 bits per heavy atom. The molecule has 0 fully saturated rings. The fraction of sp³-hybridized carbons (Fsp3) is 0.0909. The van der Waals surface area contributed by atoms with E-state index < -0.39 is 0 Å². The van der Waals surface area contributed by atoms with Crippen LogP contribution in [0.15, 0.2) is 30.5 Å². The molecule has 0 radical (unpaired) electrons. The molecule has 0 saturated carbocycles. The summed E-state index contributed by atoms with van der Waals surface area (Å²) in [6, 6.07) is 7.90. The van der Waals surface area contributed by atoms with Crippen molar-refractivity contribution in [3.05, 3.63) is 41.3 Å². The monoisotopic (exact) mass is 234 g/mol. The van der Waals surface area contributed by atoms with E-state index in [1.54, 1.807) is 0 Å². The second-order valence-electron chi connectivity index (χ2n) is 3.43. The molecule has 0 unspecified atom stereocenters. The summed E-state index contributed by atoms with van der Waals surface area (Å²) in [5.41, 5.74) is 8.29. The van der Waals surface area contributed by atoms with Crippen molar-refractivity contribution in [1.82, 2.24) is 9.97 Å². The van der Waals surface area contributed by atoms with Gasteiger partial charge in [-0.3, -0.25) is 0 Å². The highest BCUT2D eigenvalue weighted by molar-refractivity contribution is 6.28. The highest BCUT2D eigenvalue weighted by Crippen LogP contribution is 2.21. The number of nitrogens with two attached hydrogens (primary N) is 1. The van der Waals surface area contributed by atoms with Crippen molar-refractivity contribution in [3.8, 4) is 0 Å². The van der Waals surface area contributed by atoms with Crippen molar-refractivity contribution in [2.75, 3.05) is 11.1 Å². The Morgan fingerprint density at radius 3 is 2.62 bits per heavy atom. The molecule has 2 aromatic rings. The van der Waals surface area contributed by atoms with Crippen molar-refractivity contribution in [1.29, 1.82) is 0 Å². The quantitative estimate of drug-likeness (QED) is 0.785. The maximum atomic E-state index is 5.72. The zero-order valence-corrected chi connectivity index (χ0v) is 9.49. The number of hydrogen-bond acceptors (Lipinski definition) is 4. The fourth-order valence-corrected chi connectivity index (χ4v) is 1.38. The van der Waals surface area contributed by atoms with E-state index in [0.29, 0.717) is 11.5 Å². The molecule has 0 aliphatic heterocycles. The van der Waals surface area contributed by atoms with Crippen LogP contribution in [0.3, 0.4) is 0 Å². The topological polar surface area (TPSA) is 63.8 Å². The van der Waals surface area contributed by atoms with Crippen LogP contribution in [0.5, 0.6) is 0 Å². The zero-order chi connectivity index (χ0) is 11.5. The Kier molecular flexibility index (Phi) is 2.92. The van der Waals surface area contributed by atoms with Crippen LogP contribution in [0.4, 0.5) is 17.2 Å². The van der Waals surface area contributed by atoms with Gasteiger partial charge in [-0.25, -0.2) is 4.98 Å². The molecular formula is C11H11ClN4. The molecule has 0 amide bonds. The molecule has 0 saturated heterocycles. The summed E-state index contributed by atoms with van der Waals surface area (Å²) in [6.07, 6.45) is 1.48. The first-order valence-electron chi connectivity index (χ1n) is 4.77. The van der Waals surface area contributed by atoms with Gasteiger partial charge in [0.05, 0.1) is 11.9 Å². The Bertz CT molecular complexity index is 496. The number of nitrogen functional groups attached to an aromatic ring is 1. The third-order valence-corrected chi connectivity index (χ3v) is 2.28. The molecule has 0 bridgehead atoms. The summed E-state index contributed by atoms with van der Waals surface area (Å²) in [6.45, 7) is 2.03. The molecule has 1 aromatic heterocycles. The van der Waals surface area contributed by atoms with Crippen molar-refractivity contribution < 1.29 is 0 Å². The lowest BCUT2D eigenvalue weighted by molar-refractivity contribution is 1.17. The lowest BCUT2D eigenvalue weighted by atomic mass is 10.2. The highest BCUT2D eigenvalue weighted by atomic mass is 35.5. The Morgan fingerprint density at radius 2 is 1.94 bits per heavy atom. The molecule has 0 aliphatic carbocycles. The van der Waals surface area contributed by atoms with E-state index in [2.05, 4.69) is 15.3 Å². The van der Waals surface area contributed by atoms with Crippen LogP contribution in [0.1, 0.15) is 5.56 Å². The third-order valence-electron chi connectivity index (χ3n) is 2.10. The minimum Gasteiger partial charge on any atom is -0.394 e. The average molecular weight is 235 g/mol. The first-order valence-corrected chi connectivity index (χ1v) is 5.14. The van der Waals surface area contributed by atoms with Gasteiger partial charge in [-0.1, -0.05) is 17.7 Å². The van der Waals surface area contributed by atoms with E-state index in [1.165, 1.54) is 11.8 Å². The number of rotatable bonds is 2. The number of nitrogens with one attached hydrogen (secondary N) is 1. The summed E-state index contributed by atoms with van der Waals surface area (Å²) in [7, 11) is 0. The first kappa shape index (κ1) is 10.7. The minimum atomic E-state index is 0.170. The molecule has 4 nitrogen and oxygen atoms in total. The van der Waals surface area contributed by atoms with Gasteiger partial charge in [0.25, 0.3) is 0 Å². The standard InChI is InChI=1S/C11H11ClN4/c1-7-2-4-8(5-3-7)15-10-9(13)6-14-11(12)16-10/h2-6H,13H2,1H3,(H,14,15,16). The van der Waals surface area contributed by atoms with Crippen molar-refractivity contribution >= 4 is 28.8 Å². The number of halogens is 1. The molecule has 82 valence electrons. The number of aromatic nitrogens is 2. The van der Waals surface area contributed by atoms with E-state index in [4.69, 9.17) is 17.3 Å². The van der Waals surface area contributed by atoms with Gasteiger partial charge >= 0.3 is 0 Å². The van der Waals surface area contributed by atoms with Crippen molar-refractivity contribution in [2.45, 2.75) is 6.92 Å². The molecular weight excluding hydrogens is 224 g/mol. The lowest BCUT2D eigenvalue weighted by Gasteiger charge is -2.07. The van der Waals surface area contributed by atoms with Crippen LogP contribution in [-0.2, 0) is 0 Å². The zero-order valence-electron chi connectivity index (χ0n) is 8.74. The predicted molar refractivity (Wildman–Crippen MR) is 65.9 cm³/mol. The number of anilines is 3. The Labute approximate surface area is 98.5 Å². The smallest absolute Gasteiger partial charge is 0.224 e. The molecule has 0 aliphatic rings. The van der Waals surface area contributed by atoms with Crippen molar-refractivity contribution in [3.63, 3.8) is 0 Å². The molecule has 3 N–H and O–H groups in total. The van der Waals surface area contributed by atoms with Crippen LogP contribution < -0.4 is 11.1 Å². The normalized spacial score (nSPS) is 10.1. The van der Waals surface area contributed by atoms with Crippen LogP contribution in [0.25, 0.3) is 0 Å². The summed E-state index contributed by atoms with van der Waals surface area (Å²) < 4.78 is 0. The van der Waals surface area contributed by atoms with Gasteiger partial charge < -0.3 is 11.1 Å². The molecule has 1 heterocycles. The SMILES string of the molecule is Cc1ccc(Nc2nc(Cl)ncc2N)cc1. The van der Waals surface area contributed by atoms with E-state index in [1.807, 2.05) is 31.2 Å². The van der Waals surface area contributed by atoms with Gasteiger partial charge in [0.2, 0.25) is 5.28 Å². The van der Waals surface area contributed by atoms with E-state index in [0.717, 1.165) is 5.69 Å². The van der Waals surface area contributed by atoms with E-state index >= 15 is 0 Å². The Hall–Kier alpha value is -1.81. The maximum Gasteiger partial charge on any atom is 0.224 e. The number of nitrogens with zero attached hydrogens (tertiary/aromatic N) is 2. The maximum absolute atomic E-state index is 5.72. The molecule has 0 atom stereocenters. The lowest BCUT2D eigenvalue weighted by Crippen LogP contribution is -2.00. The summed E-state index contributed by atoms with van der Waals surface area (Å²) in [5, 5.41) is 3.25. The van der Waals surface area contributed by atoms with Gasteiger partial charge in [-0.2, -0.15) is 4.98 Å². The molecule has 0 spiro atoms. The predicted octanol–water partition coefficient (Wildman–Crippen LogP) is 2.76. The van der Waals surface area contributed by atoms with Gasteiger partial charge in [0.1, 0.15) is 0 Å². The van der Waals surface area contributed by atoms with Gasteiger partial charge in [0.15, 0.2) is 5.82 Å². The van der Waals surface area contributed by atoms with Crippen LogP contribution in [0.2, 0.25) is 5.28 Å². The molecule has 2 rings (SSSR count). The molecule has 5 heteroatoms. The molecule has 1 aromatic carbocycles. The van der Waals surface area contributed by atoms with E-state index in [-0.39, 0.29) is 5.28 Å². The number of benzene rings is 1. The summed E-state index contributed by atoms with van der Waals surface area (Å²) in [5.74, 6) is 0.517. The van der Waals surface area contributed by atoms with Gasteiger partial charge in [-0.05, 0) is 30.7 Å². The van der Waals surface area contributed by atoms with Crippen LogP contribution in [-0.4, -0.2) is 9.97 Å². The largest absolute Gasteiger partial charge is 0.394 e. The second kappa shape index (κ2) is 4.37. The number of aryl methyl sites for hydroxylation is 1. The first-order chi connectivity index (χ1) is 7.65.